The summed E-state index contributed by atoms with van der Waals surface area (Å²) in [6.07, 6.45) is 1.15. The van der Waals surface area contributed by atoms with Crippen LogP contribution in [0.4, 0.5) is 14.9 Å². The van der Waals surface area contributed by atoms with E-state index in [4.69, 9.17) is 16.3 Å². The smallest absolute Gasteiger partial charge is 0.414 e. The summed E-state index contributed by atoms with van der Waals surface area (Å²) in [5.41, 5.74) is 2.30. The second-order valence-electron chi connectivity index (χ2n) is 7.03. The number of amides is 1. The second kappa shape index (κ2) is 5.88. The van der Waals surface area contributed by atoms with Crippen molar-refractivity contribution < 1.29 is 23.9 Å². The van der Waals surface area contributed by atoms with E-state index in [-0.39, 0.29) is 0 Å². The predicted molar refractivity (Wildman–Crippen MR) is 91.7 cm³/mol. The third-order valence-electron chi connectivity index (χ3n) is 3.97. The number of halogens is 2. The lowest BCUT2D eigenvalue weighted by atomic mass is 10.0. The number of fused-ring (bicyclic) bond motifs is 3. The Labute approximate surface area is 150 Å². The quantitative estimate of drug-likeness (QED) is 0.525. The average Bonchev–Trinajstić information content (AvgIpc) is 2.83. The number of carbonyl (C=O) groups is 1. The summed E-state index contributed by atoms with van der Waals surface area (Å²) in [6, 6.07) is 4.34. The number of rotatable bonds is 1. The largest absolute Gasteiger partial charge is 0.443 e. The third kappa shape index (κ3) is 3.26. The van der Waals surface area contributed by atoms with Crippen LogP contribution in [-0.4, -0.2) is 23.9 Å². The highest BCUT2D eigenvalue weighted by atomic mass is 35.5. The molecule has 0 fully saturated rings. The van der Waals surface area contributed by atoms with Crippen LogP contribution in [0.5, 0.6) is 0 Å². The number of hydrogen-bond acceptors (Lipinski definition) is 3. The van der Waals surface area contributed by atoms with Gasteiger partial charge in [0.2, 0.25) is 11.9 Å². The Kier molecular flexibility index (Phi) is 4.11. The van der Waals surface area contributed by atoms with E-state index in [1.165, 1.54) is 30.3 Å². The molecule has 1 aromatic heterocycles. The molecule has 0 radical (unpaired) electrons. The summed E-state index contributed by atoms with van der Waals surface area (Å²) >= 11 is 6.00. The number of nitrogens with zero attached hydrogens (tertiary/aromatic N) is 2. The summed E-state index contributed by atoms with van der Waals surface area (Å²) in [5.74, 6) is -0.485. The van der Waals surface area contributed by atoms with Gasteiger partial charge in [-0.2, -0.15) is 0 Å². The topological polar surface area (TPSA) is 53.7 Å². The van der Waals surface area contributed by atoms with Crippen molar-refractivity contribution in [3.05, 3.63) is 46.5 Å². The van der Waals surface area contributed by atoms with Gasteiger partial charge in [0.15, 0.2) is 0 Å². The molecule has 0 saturated heterocycles. The standard InChI is InChI=1S/C18H19ClFN2O3/c1-18(2,3)25-17(23)21(4)15-7-11(20)6-12-13-5-10(19)9-22(24)16(13)8-14(12)15/h5-7,9,24H,8H2,1-4H3/q+1. The Morgan fingerprint density at radius 1 is 1.32 bits per heavy atom. The first kappa shape index (κ1) is 17.5. The van der Waals surface area contributed by atoms with Crippen molar-refractivity contribution in [3.8, 4) is 11.1 Å². The van der Waals surface area contributed by atoms with E-state index in [9.17, 15) is 14.4 Å². The molecule has 25 heavy (non-hydrogen) atoms. The summed E-state index contributed by atoms with van der Waals surface area (Å²) in [6.45, 7) is 5.30. The zero-order valence-electron chi connectivity index (χ0n) is 14.4. The maximum absolute atomic E-state index is 14.2. The average molecular weight is 366 g/mol. The van der Waals surface area contributed by atoms with Crippen molar-refractivity contribution in [3.63, 3.8) is 0 Å². The van der Waals surface area contributed by atoms with Crippen molar-refractivity contribution in [2.24, 2.45) is 0 Å². The number of pyridine rings is 1. The van der Waals surface area contributed by atoms with E-state index in [2.05, 4.69) is 0 Å². The van der Waals surface area contributed by atoms with Crippen LogP contribution in [-0.2, 0) is 11.2 Å². The normalized spacial score (nSPS) is 12.6. The van der Waals surface area contributed by atoms with Gasteiger partial charge < -0.3 is 4.74 Å². The molecule has 2 aromatic rings. The molecule has 5 nitrogen and oxygen atoms in total. The first-order valence-corrected chi connectivity index (χ1v) is 8.17. The SMILES string of the molecule is CN(C(=O)OC(C)(C)C)c1cc(F)cc2c1Cc1c-2cc(Cl)c[n+]1O. The molecule has 1 aromatic carbocycles. The van der Waals surface area contributed by atoms with E-state index < -0.39 is 17.5 Å². The third-order valence-corrected chi connectivity index (χ3v) is 4.18. The Bertz CT molecular complexity index is 878. The van der Waals surface area contributed by atoms with Crippen molar-refractivity contribution in [2.45, 2.75) is 32.8 Å². The lowest BCUT2D eigenvalue weighted by Crippen LogP contribution is -2.35. The molecule has 0 spiro atoms. The van der Waals surface area contributed by atoms with Gasteiger partial charge in [-0.25, -0.2) is 9.18 Å². The van der Waals surface area contributed by atoms with Gasteiger partial charge in [-0.1, -0.05) is 11.6 Å². The Morgan fingerprint density at radius 3 is 2.64 bits per heavy atom. The zero-order valence-corrected chi connectivity index (χ0v) is 15.2. The fraction of sp³-hybridized carbons (Fsp3) is 0.333. The number of carbonyl (C=O) groups excluding carboxylic acids is 1. The fourth-order valence-corrected chi connectivity index (χ4v) is 3.13. The molecular weight excluding hydrogens is 347 g/mol. The minimum absolute atomic E-state index is 0.334. The molecular formula is C18H19ClFN2O3+. The lowest BCUT2D eigenvalue weighted by Gasteiger charge is -2.26. The van der Waals surface area contributed by atoms with Crippen LogP contribution in [0.3, 0.4) is 0 Å². The number of anilines is 1. The van der Waals surface area contributed by atoms with Crippen molar-refractivity contribution in [1.82, 2.24) is 0 Å². The van der Waals surface area contributed by atoms with Crippen LogP contribution in [0.25, 0.3) is 11.1 Å². The molecule has 0 atom stereocenters. The summed E-state index contributed by atoms with van der Waals surface area (Å²) in [4.78, 5) is 13.6. The van der Waals surface area contributed by atoms with Gasteiger partial charge in [0.25, 0.3) is 0 Å². The minimum atomic E-state index is -0.660. The summed E-state index contributed by atoms with van der Waals surface area (Å²) in [7, 11) is 1.53. The highest BCUT2D eigenvalue weighted by Gasteiger charge is 2.33. The van der Waals surface area contributed by atoms with E-state index in [0.717, 1.165) is 10.3 Å². The van der Waals surface area contributed by atoms with Crippen LogP contribution in [0, 0.1) is 5.82 Å². The van der Waals surface area contributed by atoms with E-state index in [1.807, 2.05) is 0 Å². The van der Waals surface area contributed by atoms with Gasteiger partial charge in [0.05, 0.1) is 17.7 Å². The van der Waals surface area contributed by atoms with E-state index in [1.54, 1.807) is 26.8 Å². The van der Waals surface area contributed by atoms with Gasteiger partial charge in [-0.15, -0.1) is 0 Å². The van der Waals surface area contributed by atoms with Crippen molar-refractivity contribution >= 4 is 23.4 Å². The highest BCUT2D eigenvalue weighted by molar-refractivity contribution is 6.30. The maximum atomic E-state index is 14.2. The number of hydrogen-bond donors (Lipinski definition) is 1. The van der Waals surface area contributed by atoms with Gasteiger partial charge in [0.1, 0.15) is 16.4 Å². The molecule has 0 bridgehead atoms. The number of benzene rings is 1. The molecule has 1 amide bonds. The van der Waals surface area contributed by atoms with Crippen LogP contribution < -0.4 is 9.63 Å². The molecule has 7 heteroatoms. The van der Waals surface area contributed by atoms with Gasteiger partial charge in [-0.05, 0) is 50.1 Å². The van der Waals surface area contributed by atoms with E-state index >= 15 is 0 Å². The van der Waals surface area contributed by atoms with Crippen LogP contribution >= 0.6 is 11.6 Å². The minimum Gasteiger partial charge on any atom is -0.443 e. The predicted octanol–water partition coefficient (Wildman–Crippen LogP) is 3.95. The monoisotopic (exact) mass is 365 g/mol. The second-order valence-corrected chi connectivity index (χ2v) is 7.47. The molecule has 0 saturated carbocycles. The van der Waals surface area contributed by atoms with Crippen LogP contribution in [0.2, 0.25) is 5.02 Å². The Morgan fingerprint density at radius 2 is 2.00 bits per heavy atom. The number of aromatic nitrogens is 1. The van der Waals surface area contributed by atoms with Crippen molar-refractivity contribution in [1.29, 1.82) is 0 Å². The molecule has 0 unspecified atom stereocenters. The van der Waals surface area contributed by atoms with Crippen molar-refractivity contribution in [2.75, 3.05) is 11.9 Å². The fourth-order valence-electron chi connectivity index (χ4n) is 2.93. The van der Waals surface area contributed by atoms with Gasteiger partial charge in [-0.3, -0.25) is 10.1 Å². The molecule has 1 aliphatic carbocycles. The molecule has 3 rings (SSSR count). The molecule has 1 heterocycles. The summed E-state index contributed by atoms with van der Waals surface area (Å²) in [5, 5.41) is 10.4. The molecule has 1 N–H and O–H groups in total. The molecule has 0 aliphatic heterocycles. The lowest BCUT2D eigenvalue weighted by molar-refractivity contribution is -0.908. The molecule has 1 aliphatic rings. The van der Waals surface area contributed by atoms with E-state index in [0.29, 0.717) is 34.0 Å². The summed E-state index contributed by atoms with van der Waals surface area (Å²) < 4.78 is 20.5. The maximum Gasteiger partial charge on any atom is 0.414 e. The zero-order chi connectivity index (χ0) is 18.5. The highest BCUT2D eigenvalue weighted by Crippen LogP contribution is 2.41. The first-order chi connectivity index (χ1) is 11.6. The molecule has 132 valence electrons. The Balaban J connectivity index is 2.08. The first-order valence-electron chi connectivity index (χ1n) is 7.79. The number of ether oxygens (including phenoxy) is 1. The Hall–Kier alpha value is -2.34. The van der Waals surface area contributed by atoms with Gasteiger partial charge >= 0.3 is 6.09 Å². The van der Waals surface area contributed by atoms with Gasteiger partial charge in [0, 0.05) is 11.8 Å². The van der Waals surface area contributed by atoms with Crippen LogP contribution in [0.1, 0.15) is 32.0 Å². The van der Waals surface area contributed by atoms with Crippen LogP contribution in [0.15, 0.2) is 24.4 Å².